The van der Waals surface area contributed by atoms with E-state index in [0.717, 1.165) is 9.87 Å². The summed E-state index contributed by atoms with van der Waals surface area (Å²) in [4.78, 5) is 11.1. The van der Waals surface area contributed by atoms with Gasteiger partial charge in [-0.15, -0.1) is 5.10 Å². The van der Waals surface area contributed by atoms with E-state index >= 15 is 0 Å². The second-order valence-electron chi connectivity index (χ2n) is 10.2. The maximum Gasteiger partial charge on any atom is 0.284 e. The van der Waals surface area contributed by atoms with E-state index < -0.39 is 10.0 Å². The third-order valence-corrected chi connectivity index (χ3v) is 8.34. The first-order valence-electron chi connectivity index (χ1n) is 13.7. The minimum absolute atomic E-state index is 0.0573. The standard InChI is InChI=1S/C29H39N7O6S/c1-20-12-8-9-13-22(20)30-28(35(5)43(38,39)26-19-34(4)25(31-26)18-33(2)3)29-32-36(29)23-16-21(40-6)17-24(41-7)27(23)42-15-11-10-14-37/h8-9,12-13,16-17,19,37H,10-11,14-15,18H2,1-7H3/b30-28+. The maximum absolute atomic E-state index is 13.9. The molecule has 0 spiro atoms. The monoisotopic (exact) mass is 613 g/mol. The lowest BCUT2D eigenvalue weighted by Crippen LogP contribution is -2.38. The third kappa shape index (κ3) is 7.09. The number of benzene rings is 2. The molecule has 2 aromatic carbocycles. The van der Waals surface area contributed by atoms with Gasteiger partial charge in [-0.3, -0.25) is 0 Å². The number of hydrogen-bond donors (Lipinski definition) is 1. The molecule has 0 saturated carbocycles. The Morgan fingerprint density at radius 2 is 1.84 bits per heavy atom. The number of aliphatic hydroxyl groups is 1. The molecule has 0 amide bonds. The number of likely N-dealkylation sites (N-methyl/N-ethyl adjacent to an activating group) is 1. The molecule has 0 saturated heterocycles. The zero-order valence-electron chi connectivity index (χ0n) is 25.6. The lowest BCUT2D eigenvalue weighted by molar-refractivity contribution is 0.247. The quantitative estimate of drug-likeness (QED) is 0.165. The molecule has 43 heavy (non-hydrogen) atoms. The van der Waals surface area contributed by atoms with Crippen molar-refractivity contribution in [3.63, 3.8) is 0 Å². The molecular formula is C29H39N7O6S. The van der Waals surface area contributed by atoms with E-state index in [9.17, 15) is 13.5 Å². The Morgan fingerprint density at radius 1 is 1.09 bits per heavy atom. The number of nitrogens with zero attached hydrogens (tertiary/aromatic N) is 7. The van der Waals surface area contributed by atoms with Crippen molar-refractivity contribution in [2.45, 2.75) is 31.3 Å². The molecule has 1 aliphatic rings. The first-order valence-corrected chi connectivity index (χ1v) is 15.1. The van der Waals surface area contributed by atoms with Crippen molar-refractivity contribution >= 4 is 33.1 Å². The van der Waals surface area contributed by atoms with Crippen molar-refractivity contribution in [1.29, 1.82) is 0 Å². The first kappa shape index (κ1) is 31.8. The second kappa shape index (κ2) is 13.4. The molecule has 4 rings (SSSR count). The minimum Gasteiger partial charge on any atom is -0.497 e. The van der Waals surface area contributed by atoms with Crippen LogP contribution in [0.1, 0.15) is 24.2 Å². The molecule has 1 N–H and O–H groups in total. The van der Waals surface area contributed by atoms with Crippen LogP contribution < -0.4 is 19.2 Å². The van der Waals surface area contributed by atoms with E-state index in [1.54, 1.807) is 28.8 Å². The number of amidine groups is 2. The van der Waals surface area contributed by atoms with Crippen LogP contribution in [-0.2, 0) is 23.6 Å². The number of anilines is 1. The highest BCUT2D eigenvalue weighted by atomic mass is 32.2. The summed E-state index contributed by atoms with van der Waals surface area (Å²) in [5.41, 5.74) is 1.94. The third-order valence-electron chi connectivity index (χ3n) is 6.72. The highest BCUT2D eigenvalue weighted by Crippen LogP contribution is 2.45. The van der Waals surface area contributed by atoms with Gasteiger partial charge in [0.25, 0.3) is 10.0 Å². The molecule has 3 aromatic rings. The van der Waals surface area contributed by atoms with Gasteiger partial charge in [0.2, 0.25) is 5.84 Å². The number of para-hydroxylation sites is 1. The van der Waals surface area contributed by atoms with E-state index in [1.807, 2.05) is 50.2 Å². The number of sulfonamides is 1. The fourth-order valence-electron chi connectivity index (χ4n) is 4.25. The molecule has 13 nitrogen and oxygen atoms in total. The van der Waals surface area contributed by atoms with E-state index in [2.05, 4.69) is 10.1 Å². The van der Waals surface area contributed by atoms with Crippen molar-refractivity contribution in [3.8, 4) is 17.2 Å². The van der Waals surface area contributed by atoms with Crippen LogP contribution in [0, 0.1) is 6.92 Å². The number of aliphatic imine (C=N–C) groups is 1. The summed E-state index contributed by atoms with van der Waals surface area (Å²) < 4.78 is 47.8. The molecule has 0 bridgehead atoms. The van der Waals surface area contributed by atoms with Crippen LogP contribution in [0.5, 0.6) is 17.2 Å². The van der Waals surface area contributed by atoms with Gasteiger partial charge in [-0.05, 0) is 45.5 Å². The zero-order chi connectivity index (χ0) is 31.3. The highest BCUT2D eigenvalue weighted by Gasteiger charge is 2.41. The topological polar surface area (TPSA) is 134 Å². The largest absolute Gasteiger partial charge is 0.497 e. The average molecular weight is 614 g/mol. The van der Waals surface area contributed by atoms with Crippen molar-refractivity contribution in [3.05, 3.63) is 54.0 Å². The van der Waals surface area contributed by atoms with Gasteiger partial charge in [0, 0.05) is 39.0 Å². The normalized spacial score (nSPS) is 13.3. The Hall–Kier alpha value is -4.14. The Labute approximate surface area is 252 Å². The number of hydrogen-bond acceptors (Lipinski definition) is 11. The number of aryl methyl sites for hydroxylation is 2. The van der Waals surface area contributed by atoms with E-state index in [1.165, 1.54) is 27.5 Å². The van der Waals surface area contributed by atoms with Gasteiger partial charge in [-0.2, -0.15) is 8.42 Å². The number of ether oxygens (including phenoxy) is 3. The Morgan fingerprint density at radius 3 is 2.49 bits per heavy atom. The number of hydrazone groups is 1. The molecule has 232 valence electrons. The molecule has 0 fully saturated rings. The molecule has 0 aliphatic carbocycles. The summed E-state index contributed by atoms with van der Waals surface area (Å²) in [7, 11) is 5.89. The van der Waals surface area contributed by atoms with Crippen LogP contribution in [0.2, 0.25) is 0 Å². The number of imidazole rings is 1. The molecule has 0 unspecified atom stereocenters. The SMILES string of the molecule is COc1cc(OC)c(OCCCCO)c(N2N=C2/C(=N\c2ccccc2C)N(C)S(=O)(=O)c2cn(C)c(CN(C)C)n2)c1. The van der Waals surface area contributed by atoms with Gasteiger partial charge in [0.15, 0.2) is 22.4 Å². The van der Waals surface area contributed by atoms with Crippen LogP contribution in [0.15, 0.2) is 57.7 Å². The molecular weight excluding hydrogens is 574 g/mol. The van der Waals surface area contributed by atoms with Gasteiger partial charge in [0.1, 0.15) is 17.3 Å². The second-order valence-corrected chi connectivity index (χ2v) is 12.1. The Kier molecular flexibility index (Phi) is 9.94. The van der Waals surface area contributed by atoms with Crippen molar-refractivity contribution in [2.24, 2.45) is 17.1 Å². The summed E-state index contributed by atoms with van der Waals surface area (Å²) >= 11 is 0. The Bertz CT molecular complexity index is 1620. The average Bonchev–Trinajstić information content (AvgIpc) is 3.68. The minimum atomic E-state index is -4.14. The lowest BCUT2D eigenvalue weighted by atomic mass is 10.2. The number of aromatic nitrogens is 2. The van der Waals surface area contributed by atoms with E-state index in [0.29, 0.717) is 66.3 Å². The highest BCUT2D eigenvalue weighted by molar-refractivity contribution is 7.89. The van der Waals surface area contributed by atoms with Crippen LogP contribution in [-0.4, -0.2) is 92.5 Å². The summed E-state index contributed by atoms with van der Waals surface area (Å²) in [6.45, 7) is 2.75. The predicted molar refractivity (Wildman–Crippen MR) is 165 cm³/mol. The molecule has 0 radical (unpaired) electrons. The predicted octanol–water partition coefficient (Wildman–Crippen LogP) is 3.14. The molecule has 2 heterocycles. The van der Waals surface area contributed by atoms with Gasteiger partial charge < -0.3 is 28.8 Å². The fourth-order valence-corrected chi connectivity index (χ4v) is 5.39. The number of unbranched alkanes of at least 4 members (excludes halogenated alkanes) is 1. The summed E-state index contributed by atoms with van der Waals surface area (Å²) in [6, 6.07) is 10.9. The van der Waals surface area contributed by atoms with Gasteiger partial charge in [-0.1, -0.05) is 18.2 Å². The maximum atomic E-state index is 13.9. The zero-order valence-corrected chi connectivity index (χ0v) is 26.4. The number of methoxy groups -OCH3 is 2. The van der Waals surface area contributed by atoms with Gasteiger partial charge >= 0.3 is 0 Å². The summed E-state index contributed by atoms with van der Waals surface area (Å²) in [6.07, 6.45) is 2.70. The summed E-state index contributed by atoms with van der Waals surface area (Å²) in [5, 5.41) is 15.2. The summed E-state index contributed by atoms with van der Waals surface area (Å²) in [5.74, 6) is 2.32. The van der Waals surface area contributed by atoms with Crippen molar-refractivity contribution < 1.29 is 27.7 Å². The van der Waals surface area contributed by atoms with Gasteiger partial charge in [-0.25, -0.2) is 19.3 Å². The van der Waals surface area contributed by atoms with Crippen LogP contribution in [0.25, 0.3) is 0 Å². The van der Waals surface area contributed by atoms with Crippen LogP contribution in [0.4, 0.5) is 11.4 Å². The molecule has 1 aromatic heterocycles. The Balaban J connectivity index is 1.76. The number of aliphatic hydroxyl groups excluding tert-OH is 1. The molecule has 14 heteroatoms. The fraction of sp³-hybridized carbons (Fsp3) is 0.414. The van der Waals surface area contributed by atoms with Crippen molar-refractivity contribution in [2.75, 3.05) is 53.6 Å². The van der Waals surface area contributed by atoms with Crippen LogP contribution >= 0.6 is 0 Å². The molecule has 1 aliphatic heterocycles. The van der Waals surface area contributed by atoms with Gasteiger partial charge in [0.05, 0.1) is 33.1 Å². The molecule has 0 atom stereocenters. The first-order chi connectivity index (χ1) is 20.5. The number of rotatable bonds is 14. The van der Waals surface area contributed by atoms with E-state index in [4.69, 9.17) is 19.2 Å². The lowest BCUT2D eigenvalue weighted by Gasteiger charge is -2.20. The van der Waals surface area contributed by atoms with E-state index in [-0.39, 0.29) is 17.5 Å². The van der Waals surface area contributed by atoms with Crippen LogP contribution in [0.3, 0.4) is 0 Å². The smallest absolute Gasteiger partial charge is 0.284 e. The van der Waals surface area contributed by atoms with Crippen molar-refractivity contribution in [1.82, 2.24) is 18.8 Å².